The van der Waals surface area contributed by atoms with Crippen LogP contribution in [0.1, 0.15) is 30.5 Å². The van der Waals surface area contributed by atoms with Gasteiger partial charge in [-0.05, 0) is 43.2 Å². The van der Waals surface area contributed by atoms with Gasteiger partial charge in [0.1, 0.15) is 16.5 Å². The van der Waals surface area contributed by atoms with Gasteiger partial charge in [-0.2, -0.15) is 4.39 Å². The van der Waals surface area contributed by atoms with Crippen LogP contribution in [-0.4, -0.2) is 42.5 Å². The Morgan fingerprint density at radius 3 is 2.65 bits per heavy atom. The molecule has 1 aliphatic heterocycles. The zero-order valence-electron chi connectivity index (χ0n) is 19.7. The number of hydrogen-bond acceptors (Lipinski definition) is 6. The van der Waals surface area contributed by atoms with Crippen molar-refractivity contribution in [1.82, 2.24) is 14.5 Å². The number of anilines is 1. The van der Waals surface area contributed by atoms with Gasteiger partial charge in [-0.25, -0.2) is 22.6 Å². The fourth-order valence-electron chi connectivity index (χ4n) is 4.08. The van der Waals surface area contributed by atoms with Gasteiger partial charge >= 0.3 is 5.76 Å². The summed E-state index contributed by atoms with van der Waals surface area (Å²) in [6, 6.07) is 12.2. The highest BCUT2D eigenvalue weighted by atomic mass is 32.2. The summed E-state index contributed by atoms with van der Waals surface area (Å²) in [6.07, 6.45) is 1.19. The molecule has 1 saturated heterocycles. The summed E-state index contributed by atoms with van der Waals surface area (Å²) in [4.78, 5) is 17.6. The second-order valence-corrected chi connectivity index (χ2v) is 10.3. The van der Waals surface area contributed by atoms with Crippen molar-refractivity contribution < 1.29 is 21.6 Å². The minimum absolute atomic E-state index is 0.0899. The maximum Gasteiger partial charge on any atom is 0.420 e. The third-order valence-corrected chi connectivity index (χ3v) is 7.52. The molecule has 1 atom stereocenters. The van der Waals surface area contributed by atoms with Gasteiger partial charge in [0, 0.05) is 30.8 Å². The summed E-state index contributed by atoms with van der Waals surface area (Å²) in [7, 11) is -4.49. The number of oxazole rings is 1. The Kier molecular flexibility index (Phi) is 6.54. The van der Waals surface area contributed by atoms with Crippen LogP contribution >= 0.6 is 0 Å². The Morgan fingerprint density at radius 1 is 1.14 bits per heavy atom. The van der Waals surface area contributed by atoms with E-state index in [0.717, 1.165) is 42.4 Å². The number of halogens is 2. The van der Waals surface area contributed by atoms with Crippen molar-refractivity contribution in [3.63, 3.8) is 0 Å². The van der Waals surface area contributed by atoms with E-state index in [1.54, 1.807) is 6.92 Å². The molecule has 0 unspecified atom stereocenters. The van der Waals surface area contributed by atoms with Crippen molar-refractivity contribution >= 4 is 26.9 Å². The van der Waals surface area contributed by atoms with Crippen LogP contribution in [0.4, 0.5) is 14.6 Å². The van der Waals surface area contributed by atoms with E-state index in [4.69, 9.17) is 4.42 Å². The van der Waals surface area contributed by atoms with Crippen molar-refractivity contribution in [3.8, 4) is 11.8 Å². The molecule has 2 aromatic carbocycles. The Balaban J connectivity index is 1.46. The van der Waals surface area contributed by atoms with Crippen LogP contribution in [0, 0.1) is 23.6 Å². The Hall–Kier alpha value is -4.01. The number of fused-ring (bicyclic) bond motifs is 1. The van der Waals surface area contributed by atoms with E-state index in [-0.39, 0.29) is 16.9 Å². The first-order valence-electron chi connectivity index (χ1n) is 11.5. The van der Waals surface area contributed by atoms with E-state index in [0.29, 0.717) is 6.54 Å². The average Bonchev–Trinajstić information content (AvgIpc) is 3.14. The summed E-state index contributed by atoms with van der Waals surface area (Å²) in [5, 5.41) is 0. The highest BCUT2D eigenvalue weighted by Gasteiger charge is 2.25. The number of rotatable bonds is 6. The summed E-state index contributed by atoms with van der Waals surface area (Å²) >= 11 is 0. The molecule has 0 amide bonds. The molecule has 0 spiro atoms. The van der Waals surface area contributed by atoms with Gasteiger partial charge in [0.25, 0.3) is 10.0 Å². The summed E-state index contributed by atoms with van der Waals surface area (Å²) in [5.41, 5.74) is 1.50. The van der Waals surface area contributed by atoms with Gasteiger partial charge in [-0.1, -0.05) is 30.0 Å². The normalized spacial score (nSPS) is 14.6. The van der Waals surface area contributed by atoms with Gasteiger partial charge in [-0.15, -0.1) is 0 Å². The van der Waals surface area contributed by atoms with E-state index in [1.807, 2.05) is 29.0 Å². The number of nitrogens with one attached hydrogen (secondary N) is 1. The van der Waals surface area contributed by atoms with E-state index in [1.165, 1.54) is 23.1 Å². The van der Waals surface area contributed by atoms with Crippen LogP contribution in [0.3, 0.4) is 0 Å². The number of hydrogen-bond donors (Lipinski definition) is 1. The molecule has 0 aliphatic carbocycles. The van der Waals surface area contributed by atoms with Crippen LogP contribution in [0.2, 0.25) is 0 Å². The first kappa shape index (κ1) is 24.7. The molecule has 190 valence electrons. The molecular formula is C26H22F2N4O4S. The van der Waals surface area contributed by atoms with E-state index < -0.39 is 38.5 Å². The van der Waals surface area contributed by atoms with Gasteiger partial charge in [0.05, 0.1) is 18.1 Å². The predicted octanol–water partition coefficient (Wildman–Crippen LogP) is 3.74. The second-order valence-electron chi connectivity index (χ2n) is 8.67. The molecule has 0 saturated carbocycles. The highest BCUT2D eigenvalue weighted by Crippen LogP contribution is 2.28. The molecule has 8 nitrogen and oxygen atoms in total. The molecule has 1 aliphatic rings. The molecule has 11 heteroatoms. The monoisotopic (exact) mass is 524 g/mol. The lowest BCUT2D eigenvalue weighted by Crippen LogP contribution is -2.37. The third kappa shape index (κ3) is 5.12. The van der Waals surface area contributed by atoms with Crippen LogP contribution in [0.5, 0.6) is 0 Å². The molecule has 1 fully saturated rings. The first-order chi connectivity index (χ1) is 17.7. The summed E-state index contributed by atoms with van der Waals surface area (Å²) in [5.74, 6) is 3.17. The molecule has 0 radical (unpaired) electrons. The van der Waals surface area contributed by atoms with Crippen molar-refractivity contribution in [2.24, 2.45) is 0 Å². The van der Waals surface area contributed by atoms with Gasteiger partial charge in [-0.3, -0.25) is 14.2 Å². The largest absolute Gasteiger partial charge is 0.420 e. The van der Waals surface area contributed by atoms with Crippen LogP contribution < -0.4 is 10.5 Å². The van der Waals surface area contributed by atoms with Crippen LogP contribution in [0.15, 0.2) is 68.7 Å². The number of pyridine rings is 1. The maximum absolute atomic E-state index is 15.1. The molecular weight excluding hydrogens is 502 g/mol. The van der Waals surface area contributed by atoms with E-state index in [9.17, 15) is 17.6 Å². The molecule has 4 aromatic rings. The lowest BCUT2D eigenvalue weighted by molar-refractivity contribution is 0.207. The third-order valence-electron chi connectivity index (χ3n) is 6.15. The fourth-order valence-corrected chi connectivity index (χ4v) is 5.16. The minimum Gasteiger partial charge on any atom is -0.408 e. The number of nitrogens with zero attached hydrogens (tertiary/aromatic N) is 3. The first-order valence-corrected chi connectivity index (χ1v) is 13.0. The molecule has 0 bridgehead atoms. The number of sulfonamides is 1. The van der Waals surface area contributed by atoms with Crippen LogP contribution in [-0.2, 0) is 10.0 Å². The fraction of sp³-hybridized carbons (Fsp3) is 0.231. The highest BCUT2D eigenvalue weighted by molar-refractivity contribution is 7.92. The standard InChI is InChI=1S/C26H22F2N4O4S/c1-17(19-8-2-6-18(14-19)7-4-11-31-12-5-13-31)32-21-15-20(27)23(16-22(21)36-26(32)33)37(34,35)30-25-10-3-9-24(28)29-25/h2-3,6,8-10,14-17H,5,11-13H2,1H3,(H,29,30)/t17-/m1/s1. The quantitative estimate of drug-likeness (QED) is 0.305. The molecule has 37 heavy (non-hydrogen) atoms. The number of benzene rings is 2. The van der Waals surface area contributed by atoms with Gasteiger partial charge < -0.3 is 4.42 Å². The predicted molar refractivity (Wildman–Crippen MR) is 134 cm³/mol. The number of aromatic nitrogens is 2. The maximum atomic E-state index is 15.1. The minimum atomic E-state index is -4.49. The zero-order chi connectivity index (χ0) is 26.2. The smallest absolute Gasteiger partial charge is 0.408 e. The lowest BCUT2D eigenvalue weighted by Gasteiger charge is -2.28. The molecule has 1 N–H and O–H groups in total. The Morgan fingerprint density at radius 2 is 1.92 bits per heavy atom. The van der Waals surface area contributed by atoms with Crippen molar-refractivity contribution in [3.05, 3.63) is 88.0 Å². The van der Waals surface area contributed by atoms with Crippen molar-refractivity contribution in [2.75, 3.05) is 24.4 Å². The topological polar surface area (TPSA) is 97.4 Å². The average molecular weight is 525 g/mol. The van der Waals surface area contributed by atoms with E-state index >= 15 is 4.39 Å². The van der Waals surface area contributed by atoms with Gasteiger partial charge in [0.2, 0.25) is 5.95 Å². The lowest BCUT2D eigenvalue weighted by atomic mass is 10.0. The van der Waals surface area contributed by atoms with Gasteiger partial charge in [0.15, 0.2) is 5.58 Å². The SMILES string of the molecule is C[C@H](c1cccc(C#CCN2CCC2)c1)n1c(=O)oc2cc(S(=O)(=O)Nc3cccc(F)n3)c(F)cc21. The molecule has 5 rings (SSSR count). The Labute approximate surface area is 211 Å². The number of likely N-dealkylation sites (tertiary alicyclic amines) is 1. The molecule has 2 aromatic heterocycles. The summed E-state index contributed by atoms with van der Waals surface area (Å²) < 4.78 is 62.5. The van der Waals surface area contributed by atoms with Crippen LogP contribution in [0.25, 0.3) is 11.1 Å². The van der Waals surface area contributed by atoms with Crippen molar-refractivity contribution in [1.29, 1.82) is 0 Å². The Bertz CT molecular complexity index is 1720. The zero-order valence-corrected chi connectivity index (χ0v) is 20.6. The van der Waals surface area contributed by atoms with Crippen molar-refractivity contribution in [2.45, 2.75) is 24.3 Å². The second kappa shape index (κ2) is 9.80. The van der Waals surface area contributed by atoms with E-state index in [2.05, 4.69) is 21.7 Å². The molecule has 3 heterocycles. The summed E-state index contributed by atoms with van der Waals surface area (Å²) in [6.45, 7) is 4.56.